The molecule has 1 atom stereocenters. The third-order valence-electron chi connectivity index (χ3n) is 6.16. The van der Waals surface area contributed by atoms with Gasteiger partial charge in [-0.2, -0.15) is 4.98 Å². The van der Waals surface area contributed by atoms with Gasteiger partial charge in [0.1, 0.15) is 11.9 Å². The molecule has 3 heterocycles. The number of benzene rings is 1. The third-order valence-corrected chi connectivity index (χ3v) is 6.16. The number of aryl methyl sites for hydroxylation is 1. The van der Waals surface area contributed by atoms with E-state index in [-0.39, 0.29) is 12.7 Å². The summed E-state index contributed by atoms with van der Waals surface area (Å²) in [7, 11) is 0. The Bertz CT molecular complexity index is 991. The average Bonchev–Trinajstić information content (AvgIpc) is 3.30. The zero-order valence-electron chi connectivity index (χ0n) is 20.3. The maximum atomic E-state index is 11.8. The lowest BCUT2D eigenvalue weighted by Crippen LogP contribution is -2.47. The number of ether oxygens (including phenoxy) is 2. The number of nitrogens with one attached hydrogen (secondary N) is 1. The molecule has 184 valence electrons. The highest BCUT2D eigenvalue weighted by atomic mass is 16.7. The van der Waals surface area contributed by atoms with E-state index in [1.165, 1.54) is 0 Å². The van der Waals surface area contributed by atoms with Crippen molar-refractivity contribution in [2.75, 3.05) is 48.1 Å². The monoisotopic (exact) mass is 469 g/mol. The minimum atomic E-state index is -0.860. The van der Waals surface area contributed by atoms with E-state index in [1.807, 2.05) is 32.0 Å². The van der Waals surface area contributed by atoms with Crippen LogP contribution in [0.5, 0.6) is 11.5 Å². The molecule has 2 aliphatic rings. The number of fused-ring (bicyclic) bond motifs is 1. The molecule has 2 aromatic rings. The second-order valence-corrected chi connectivity index (χ2v) is 9.32. The zero-order chi connectivity index (χ0) is 24.1. The van der Waals surface area contributed by atoms with Crippen LogP contribution in [0.2, 0.25) is 0 Å². The van der Waals surface area contributed by atoms with Gasteiger partial charge in [0.15, 0.2) is 11.5 Å². The molecule has 2 aliphatic heterocycles. The Hall–Kier alpha value is -3.23. The van der Waals surface area contributed by atoms with Crippen LogP contribution in [0.4, 0.5) is 17.5 Å². The van der Waals surface area contributed by atoms with Crippen molar-refractivity contribution in [3.8, 4) is 11.5 Å². The molecule has 0 aliphatic carbocycles. The van der Waals surface area contributed by atoms with Gasteiger partial charge in [0.05, 0.1) is 0 Å². The molecule has 0 bridgehead atoms. The molecule has 1 saturated heterocycles. The van der Waals surface area contributed by atoms with Gasteiger partial charge in [-0.3, -0.25) is 0 Å². The number of nitrogens with zero attached hydrogens (tertiary/aromatic N) is 4. The first-order valence-corrected chi connectivity index (χ1v) is 12.2. The predicted molar refractivity (Wildman–Crippen MR) is 132 cm³/mol. The fourth-order valence-corrected chi connectivity index (χ4v) is 4.30. The Kier molecular flexibility index (Phi) is 7.59. The second-order valence-electron chi connectivity index (χ2n) is 9.32. The van der Waals surface area contributed by atoms with Crippen LogP contribution in [-0.4, -0.2) is 60.1 Å². The van der Waals surface area contributed by atoms with E-state index in [4.69, 9.17) is 19.4 Å². The molecule has 1 aromatic carbocycles. The summed E-state index contributed by atoms with van der Waals surface area (Å²) in [6.07, 6.45) is 3.48. The van der Waals surface area contributed by atoms with Crippen LogP contribution in [0, 0.1) is 5.92 Å². The molecular formula is C25H35N5O4. The quantitative estimate of drug-likeness (QED) is 0.538. The first-order chi connectivity index (χ1) is 16.4. The molecule has 1 unspecified atom stereocenters. The van der Waals surface area contributed by atoms with Crippen molar-refractivity contribution in [3.05, 3.63) is 30.0 Å². The number of carboxylic acid groups (broad SMARTS) is 1. The van der Waals surface area contributed by atoms with Crippen molar-refractivity contribution in [2.24, 2.45) is 5.92 Å². The summed E-state index contributed by atoms with van der Waals surface area (Å²) in [5.41, 5.74) is 2.06. The SMILES string of the molecule is CCCCc1cc(NC(CC(C)C)C(=O)O)nc(N2CCN(c3ccc4c(c3)OCO4)CC2)n1. The van der Waals surface area contributed by atoms with Crippen LogP contribution < -0.4 is 24.6 Å². The van der Waals surface area contributed by atoms with Crippen LogP contribution in [0.1, 0.15) is 45.7 Å². The highest BCUT2D eigenvalue weighted by Crippen LogP contribution is 2.35. The van der Waals surface area contributed by atoms with Crippen LogP contribution in [0.3, 0.4) is 0 Å². The molecule has 0 saturated carbocycles. The summed E-state index contributed by atoms with van der Waals surface area (Å²) >= 11 is 0. The van der Waals surface area contributed by atoms with E-state index < -0.39 is 12.0 Å². The average molecular weight is 470 g/mol. The molecule has 1 fully saturated rings. The third kappa shape index (κ3) is 5.81. The fraction of sp³-hybridized carbons (Fsp3) is 0.560. The number of aliphatic carboxylic acids is 1. The van der Waals surface area contributed by atoms with E-state index >= 15 is 0 Å². The normalized spacial score (nSPS) is 16.1. The largest absolute Gasteiger partial charge is 0.480 e. The lowest BCUT2D eigenvalue weighted by atomic mass is 10.0. The van der Waals surface area contributed by atoms with Crippen LogP contribution >= 0.6 is 0 Å². The van der Waals surface area contributed by atoms with Gasteiger partial charge < -0.3 is 29.7 Å². The molecular weight excluding hydrogens is 434 g/mol. The number of carboxylic acids is 1. The van der Waals surface area contributed by atoms with Crippen molar-refractivity contribution < 1.29 is 19.4 Å². The first kappa shape index (κ1) is 23.9. The highest BCUT2D eigenvalue weighted by Gasteiger charge is 2.24. The lowest BCUT2D eigenvalue weighted by Gasteiger charge is -2.36. The van der Waals surface area contributed by atoms with E-state index in [1.54, 1.807) is 0 Å². The van der Waals surface area contributed by atoms with Crippen molar-refractivity contribution in [1.82, 2.24) is 9.97 Å². The fourth-order valence-electron chi connectivity index (χ4n) is 4.30. The summed E-state index contributed by atoms with van der Waals surface area (Å²) in [5.74, 6) is 2.23. The minimum absolute atomic E-state index is 0.263. The van der Waals surface area contributed by atoms with Gasteiger partial charge in [0.25, 0.3) is 0 Å². The molecule has 2 N–H and O–H groups in total. The number of aromatic nitrogens is 2. The van der Waals surface area contributed by atoms with Crippen LogP contribution in [0.25, 0.3) is 0 Å². The number of unbranched alkanes of at least 4 members (excludes halogenated alkanes) is 1. The van der Waals surface area contributed by atoms with Crippen molar-refractivity contribution in [3.63, 3.8) is 0 Å². The van der Waals surface area contributed by atoms with Gasteiger partial charge in [0, 0.05) is 49.7 Å². The summed E-state index contributed by atoms with van der Waals surface area (Å²) in [4.78, 5) is 25.8. The van der Waals surface area contributed by atoms with Crippen LogP contribution in [-0.2, 0) is 11.2 Å². The molecule has 0 amide bonds. The Morgan fingerprint density at radius 2 is 1.82 bits per heavy atom. The van der Waals surface area contributed by atoms with E-state index in [9.17, 15) is 9.90 Å². The van der Waals surface area contributed by atoms with Gasteiger partial charge in [-0.15, -0.1) is 0 Å². The Balaban J connectivity index is 1.48. The Labute approximate surface area is 201 Å². The number of hydrogen-bond acceptors (Lipinski definition) is 8. The molecule has 34 heavy (non-hydrogen) atoms. The van der Waals surface area contributed by atoms with Crippen molar-refractivity contribution in [2.45, 2.75) is 52.5 Å². The lowest BCUT2D eigenvalue weighted by molar-refractivity contribution is -0.138. The number of carbonyl (C=O) groups is 1. The molecule has 0 spiro atoms. The smallest absolute Gasteiger partial charge is 0.326 e. The van der Waals surface area contributed by atoms with Gasteiger partial charge in [-0.25, -0.2) is 9.78 Å². The summed E-state index contributed by atoms with van der Waals surface area (Å²) < 4.78 is 10.9. The molecule has 9 nitrogen and oxygen atoms in total. The zero-order valence-corrected chi connectivity index (χ0v) is 20.3. The number of rotatable bonds is 10. The molecule has 0 radical (unpaired) electrons. The number of piperazine rings is 1. The Morgan fingerprint density at radius 1 is 1.09 bits per heavy atom. The number of anilines is 3. The van der Waals surface area contributed by atoms with Gasteiger partial charge in [-0.05, 0) is 37.3 Å². The summed E-state index contributed by atoms with van der Waals surface area (Å²) in [6.45, 7) is 9.68. The highest BCUT2D eigenvalue weighted by molar-refractivity contribution is 5.77. The molecule has 1 aromatic heterocycles. The second kappa shape index (κ2) is 10.8. The molecule has 9 heteroatoms. The van der Waals surface area contributed by atoms with Crippen molar-refractivity contribution in [1.29, 1.82) is 0 Å². The maximum Gasteiger partial charge on any atom is 0.326 e. The van der Waals surface area contributed by atoms with Gasteiger partial charge in [0.2, 0.25) is 12.7 Å². The van der Waals surface area contributed by atoms with E-state index in [0.29, 0.717) is 18.2 Å². The first-order valence-electron chi connectivity index (χ1n) is 12.2. The standard InChI is InChI=1S/C25H35N5O4/c1-4-5-6-18-14-23(27-20(24(31)32)13-17(2)3)28-25(26-18)30-11-9-29(10-12-30)19-7-8-21-22(15-19)34-16-33-21/h7-8,14-15,17,20H,4-6,9-13,16H2,1-3H3,(H,31,32)(H,26,27,28). The summed E-state index contributed by atoms with van der Waals surface area (Å²) in [6, 6.07) is 7.28. The summed E-state index contributed by atoms with van der Waals surface area (Å²) in [5, 5.41) is 12.8. The van der Waals surface area contributed by atoms with Crippen molar-refractivity contribution >= 4 is 23.4 Å². The van der Waals surface area contributed by atoms with Gasteiger partial charge >= 0.3 is 5.97 Å². The minimum Gasteiger partial charge on any atom is -0.480 e. The van der Waals surface area contributed by atoms with Crippen LogP contribution in [0.15, 0.2) is 24.3 Å². The predicted octanol–water partition coefficient (Wildman–Crippen LogP) is 3.79. The maximum absolute atomic E-state index is 11.8. The van der Waals surface area contributed by atoms with Gasteiger partial charge in [-0.1, -0.05) is 27.2 Å². The van der Waals surface area contributed by atoms with E-state index in [2.05, 4.69) is 28.1 Å². The molecule has 4 rings (SSSR count). The van der Waals surface area contributed by atoms with E-state index in [0.717, 1.165) is 68.3 Å². The topological polar surface area (TPSA) is 100 Å². The Morgan fingerprint density at radius 3 is 2.53 bits per heavy atom. The number of hydrogen-bond donors (Lipinski definition) is 2.